The number of hydrogen-bond acceptors (Lipinski definition) is 5. The lowest BCUT2D eigenvalue weighted by molar-refractivity contribution is 0.0838. The number of amides is 2. The average molecular weight is 396 g/mol. The number of carbonyl (C=O) groups excluding carboxylic acids is 2. The maximum Gasteiger partial charge on any atom is 0.287 e. The monoisotopic (exact) mass is 396 g/mol. The summed E-state index contributed by atoms with van der Waals surface area (Å²) in [6.45, 7) is 6.46. The molecule has 0 spiro atoms. The van der Waals surface area contributed by atoms with E-state index in [2.05, 4.69) is 26.1 Å². The number of nitrogens with zero attached hydrogens (tertiary/aromatic N) is 3. The summed E-state index contributed by atoms with van der Waals surface area (Å²) in [5.74, 6) is -0.00558. The highest BCUT2D eigenvalue weighted by atomic mass is 16.5. The highest BCUT2D eigenvalue weighted by Crippen LogP contribution is 2.21. The van der Waals surface area contributed by atoms with Crippen LogP contribution in [0.25, 0.3) is 11.3 Å². The van der Waals surface area contributed by atoms with E-state index in [0.717, 1.165) is 17.0 Å². The van der Waals surface area contributed by atoms with E-state index < -0.39 is 11.8 Å². The molecule has 3 N–H and O–H groups in total. The summed E-state index contributed by atoms with van der Waals surface area (Å²) in [7, 11) is 1.59. The number of nitrogens with one attached hydrogen (secondary N) is 3. The Labute approximate surface area is 168 Å². The van der Waals surface area contributed by atoms with Gasteiger partial charge in [-0.1, -0.05) is 13.8 Å². The zero-order valence-electron chi connectivity index (χ0n) is 16.8. The van der Waals surface area contributed by atoms with Gasteiger partial charge >= 0.3 is 0 Å². The highest BCUT2D eigenvalue weighted by Gasteiger charge is 2.18. The smallest absolute Gasteiger partial charge is 0.287 e. The number of methoxy groups -OCH3 is 1. The lowest BCUT2D eigenvalue weighted by Gasteiger charge is -2.07. The Hall–Kier alpha value is -3.62. The van der Waals surface area contributed by atoms with E-state index >= 15 is 0 Å². The van der Waals surface area contributed by atoms with Gasteiger partial charge in [0.25, 0.3) is 11.8 Å². The number of ether oxygens (including phenoxy) is 1. The standard InChI is InChI=1S/C20H24N6O3/c1-5-26-18(11-15(25-26)12(2)3)20(28)24-23-19(27)17-10-16(21-22-17)13-6-8-14(29-4)9-7-13/h6-12H,5H2,1-4H3,(H,21,22)(H,23,27)(H,24,28). The molecule has 0 aliphatic rings. The number of hydrazine groups is 1. The molecule has 9 nitrogen and oxygen atoms in total. The van der Waals surface area contributed by atoms with Crippen molar-refractivity contribution in [1.29, 1.82) is 0 Å². The number of aromatic nitrogens is 4. The second-order valence-corrected chi connectivity index (χ2v) is 6.73. The molecular weight excluding hydrogens is 372 g/mol. The molecule has 0 saturated carbocycles. The largest absolute Gasteiger partial charge is 0.497 e. The van der Waals surface area contributed by atoms with E-state index in [1.165, 1.54) is 0 Å². The topological polar surface area (TPSA) is 114 Å². The van der Waals surface area contributed by atoms with Crippen LogP contribution in [0.1, 0.15) is 53.4 Å². The molecule has 0 aliphatic heterocycles. The summed E-state index contributed by atoms with van der Waals surface area (Å²) < 4.78 is 6.74. The van der Waals surface area contributed by atoms with E-state index in [4.69, 9.17) is 4.74 Å². The molecule has 0 unspecified atom stereocenters. The molecule has 3 rings (SSSR count). The molecule has 2 heterocycles. The molecule has 9 heteroatoms. The van der Waals surface area contributed by atoms with Gasteiger partial charge in [0.1, 0.15) is 17.1 Å². The second kappa shape index (κ2) is 8.59. The Kier molecular flexibility index (Phi) is 5.96. The van der Waals surface area contributed by atoms with Crippen LogP contribution in [0.3, 0.4) is 0 Å². The quantitative estimate of drug-likeness (QED) is 0.554. The Balaban J connectivity index is 1.65. The Morgan fingerprint density at radius 1 is 1.14 bits per heavy atom. The van der Waals surface area contributed by atoms with Crippen LogP contribution in [0, 0.1) is 0 Å². The summed E-state index contributed by atoms with van der Waals surface area (Å²) in [6.07, 6.45) is 0. The maximum atomic E-state index is 12.5. The van der Waals surface area contributed by atoms with Gasteiger partial charge in [-0.25, -0.2) is 0 Å². The molecule has 1 aromatic carbocycles. The van der Waals surface area contributed by atoms with Crippen molar-refractivity contribution < 1.29 is 14.3 Å². The van der Waals surface area contributed by atoms with E-state index in [1.807, 2.05) is 45.0 Å². The van der Waals surface area contributed by atoms with Crippen molar-refractivity contribution >= 4 is 11.8 Å². The highest BCUT2D eigenvalue weighted by molar-refractivity contribution is 5.98. The molecule has 0 fully saturated rings. The molecule has 2 aromatic heterocycles. The third-order valence-electron chi connectivity index (χ3n) is 4.42. The van der Waals surface area contributed by atoms with Crippen LogP contribution in [-0.4, -0.2) is 38.9 Å². The minimum atomic E-state index is -0.503. The third-order valence-corrected chi connectivity index (χ3v) is 4.42. The van der Waals surface area contributed by atoms with Crippen LogP contribution in [0.5, 0.6) is 5.75 Å². The number of aromatic amines is 1. The minimum Gasteiger partial charge on any atom is -0.497 e. The Morgan fingerprint density at radius 3 is 2.45 bits per heavy atom. The van der Waals surface area contributed by atoms with E-state index in [1.54, 1.807) is 23.9 Å². The van der Waals surface area contributed by atoms with Gasteiger partial charge in [-0.15, -0.1) is 0 Å². The van der Waals surface area contributed by atoms with Crippen molar-refractivity contribution in [2.45, 2.75) is 33.2 Å². The second-order valence-electron chi connectivity index (χ2n) is 6.73. The lowest BCUT2D eigenvalue weighted by Crippen LogP contribution is -2.42. The minimum absolute atomic E-state index is 0.199. The number of hydrogen-bond donors (Lipinski definition) is 3. The summed E-state index contributed by atoms with van der Waals surface area (Å²) in [6, 6.07) is 10.6. The Morgan fingerprint density at radius 2 is 1.83 bits per heavy atom. The molecular formula is C20H24N6O3. The van der Waals surface area contributed by atoms with Gasteiger partial charge in [-0.05, 0) is 49.2 Å². The summed E-state index contributed by atoms with van der Waals surface area (Å²) >= 11 is 0. The molecule has 2 amide bonds. The first-order valence-corrected chi connectivity index (χ1v) is 9.31. The fourth-order valence-electron chi connectivity index (χ4n) is 2.74. The molecule has 29 heavy (non-hydrogen) atoms. The number of H-pyrrole nitrogens is 1. The number of benzene rings is 1. The van der Waals surface area contributed by atoms with Gasteiger partial charge in [0.2, 0.25) is 0 Å². The van der Waals surface area contributed by atoms with Gasteiger partial charge < -0.3 is 4.74 Å². The fraction of sp³-hybridized carbons (Fsp3) is 0.300. The summed E-state index contributed by atoms with van der Waals surface area (Å²) in [4.78, 5) is 24.8. The van der Waals surface area contributed by atoms with Crippen molar-refractivity contribution in [3.63, 3.8) is 0 Å². The van der Waals surface area contributed by atoms with Gasteiger partial charge in [-0.2, -0.15) is 10.2 Å². The molecule has 0 atom stereocenters. The molecule has 0 bridgehead atoms. The SMILES string of the molecule is CCn1nc(C(C)C)cc1C(=O)NNC(=O)c1cc(-c2ccc(OC)cc2)n[nH]1. The molecule has 0 radical (unpaired) electrons. The van der Waals surface area contributed by atoms with Crippen LogP contribution >= 0.6 is 0 Å². The zero-order valence-corrected chi connectivity index (χ0v) is 16.8. The number of carbonyl (C=O) groups is 2. The van der Waals surface area contributed by atoms with Crippen LogP contribution in [0.2, 0.25) is 0 Å². The van der Waals surface area contributed by atoms with Gasteiger partial charge in [0.05, 0.1) is 18.5 Å². The normalized spacial score (nSPS) is 10.8. The van der Waals surface area contributed by atoms with Crippen LogP contribution < -0.4 is 15.6 Å². The van der Waals surface area contributed by atoms with Crippen molar-refractivity contribution in [3.05, 3.63) is 53.5 Å². The first-order valence-electron chi connectivity index (χ1n) is 9.31. The molecule has 0 saturated heterocycles. The third kappa shape index (κ3) is 4.45. The van der Waals surface area contributed by atoms with Crippen LogP contribution in [0.4, 0.5) is 0 Å². The molecule has 152 valence electrons. The molecule has 0 aliphatic carbocycles. The predicted molar refractivity (Wildman–Crippen MR) is 107 cm³/mol. The van der Waals surface area contributed by atoms with Gasteiger partial charge in [0.15, 0.2) is 0 Å². The number of rotatable bonds is 6. The van der Waals surface area contributed by atoms with Crippen molar-refractivity contribution in [2.75, 3.05) is 7.11 Å². The van der Waals surface area contributed by atoms with E-state index in [0.29, 0.717) is 17.9 Å². The van der Waals surface area contributed by atoms with E-state index in [9.17, 15) is 9.59 Å². The maximum absolute atomic E-state index is 12.5. The van der Waals surface area contributed by atoms with E-state index in [-0.39, 0.29) is 11.6 Å². The predicted octanol–water partition coefficient (Wildman–Crippen LogP) is 2.50. The van der Waals surface area contributed by atoms with Crippen molar-refractivity contribution in [1.82, 2.24) is 30.8 Å². The summed E-state index contributed by atoms with van der Waals surface area (Å²) in [5.41, 5.74) is 7.70. The summed E-state index contributed by atoms with van der Waals surface area (Å²) in [5, 5.41) is 11.2. The zero-order chi connectivity index (χ0) is 21.0. The van der Waals surface area contributed by atoms with Crippen LogP contribution in [-0.2, 0) is 6.54 Å². The molecule has 3 aromatic rings. The van der Waals surface area contributed by atoms with Crippen LogP contribution in [0.15, 0.2) is 36.4 Å². The average Bonchev–Trinajstić information content (AvgIpc) is 3.39. The first kappa shape index (κ1) is 20.1. The first-order chi connectivity index (χ1) is 13.9. The van der Waals surface area contributed by atoms with Crippen molar-refractivity contribution in [2.24, 2.45) is 0 Å². The van der Waals surface area contributed by atoms with Gasteiger partial charge in [-0.3, -0.25) is 30.2 Å². The van der Waals surface area contributed by atoms with Crippen molar-refractivity contribution in [3.8, 4) is 17.0 Å². The van der Waals surface area contributed by atoms with Gasteiger partial charge in [0, 0.05) is 12.1 Å². The lowest BCUT2D eigenvalue weighted by atomic mass is 10.1. The Bertz CT molecular complexity index is 1000. The number of aryl methyl sites for hydroxylation is 1. The fourth-order valence-corrected chi connectivity index (χ4v) is 2.74.